The second-order valence-corrected chi connectivity index (χ2v) is 8.90. The second kappa shape index (κ2) is 10.8. The molecule has 1 saturated heterocycles. The molecule has 182 valence electrons. The van der Waals surface area contributed by atoms with Gasteiger partial charge in [-0.15, -0.1) is 0 Å². The fraction of sp³-hybridized carbons (Fsp3) is 0.357. The van der Waals surface area contributed by atoms with Crippen molar-refractivity contribution < 1.29 is 23.7 Å². The summed E-state index contributed by atoms with van der Waals surface area (Å²) in [5.41, 5.74) is 2.94. The van der Waals surface area contributed by atoms with Gasteiger partial charge in [-0.1, -0.05) is 6.07 Å². The predicted molar refractivity (Wildman–Crippen MR) is 132 cm³/mol. The number of ether oxygens (including phenoxy) is 4. The number of aromatic nitrogens is 1. The van der Waals surface area contributed by atoms with Crippen LogP contribution in [0, 0.1) is 5.92 Å². The van der Waals surface area contributed by atoms with Crippen molar-refractivity contribution in [2.24, 2.45) is 5.92 Å². The number of esters is 1. The minimum Gasteiger partial charge on any atom is -0.497 e. The molecule has 2 aliphatic rings. The van der Waals surface area contributed by atoms with Gasteiger partial charge < -0.3 is 18.9 Å². The smallest absolute Gasteiger partial charge is 0.318 e. The van der Waals surface area contributed by atoms with E-state index in [-0.39, 0.29) is 12.6 Å². The van der Waals surface area contributed by atoms with Gasteiger partial charge in [0.25, 0.3) is 0 Å². The van der Waals surface area contributed by atoms with Crippen LogP contribution in [-0.2, 0) is 11.2 Å². The molecule has 1 unspecified atom stereocenters. The first-order chi connectivity index (χ1) is 17.2. The summed E-state index contributed by atoms with van der Waals surface area (Å²) in [5, 5.41) is 0. The minimum absolute atomic E-state index is 0.276. The third-order valence-corrected chi connectivity index (χ3v) is 6.54. The van der Waals surface area contributed by atoms with Crippen molar-refractivity contribution in [3.8, 4) is 34.1 Å². The molecule has 1 atom stereocenters. The largest absolute Gasteiger partial charge is 0.497 e. The van der Waals surface area contributed by atoms with E-state index in [1.165, 1.54) is 12.8 Å². The number of nitrogens with zero attached hydrogens (tertiary/aromatic N) is 2. The Morgan fingerprint density at radius 3 is 2.66 bits per heavy atom. The molecule has 1 fully saturated rings. The first kappa shape index (κ1) is 23.2. The molecule has 0 aliphatic carbocycles. The van der Waals surface area contributed by atoms with Gasteiger partial charge in [0.1, 0.15) is 24.7 Å². The van der Waals surface area contributed by atoms with Crippen molar-refractivity contribution in [3.05, 3.63) is 66.5 Å². The Kier molecular flexibility index (Phi) is 7.14. The summed E-state index contributed by atoms with van der Waals surface area (Å²) in [6.45, 7) is 3.87. The monoisotopic (exact) mass is 474 g/mol. The third kappa shape index (κ3) is 5.57. The van der Waals surface area contributed by atoms with Gasteiger partial charge in [-0.25, -0.2) is 0 Å². The minimum atomic E-state index is -0.410. The van der Waals surface area contributed by atoms with Gasteiger partial charge >= 0.3 is 5.97 Å². The van der Waals surface area contributed by atoms with Crippen LogP contribution < -0.4 is 18.9 Å². The number of rotatable bonds is 8. The molecule has 0 spiro atoms. The Bertz CT molecular complexity index is 1160. The molecule has 0 amide bonds. The fourth-order valence-electron chi connectivity index (χ4n) is 4.56. The Labute approximate surface area is 205 Å². The second-order valence-electron chi connectivity index (χ2n) is 8.90. The van der Waals surface area contributed by atoms with Crippen LogP contribution in [-0.4, -0.2) is 55.8 Å². The van der Waals surface area contributed by atoms with Gasteiger partial charge in [-0.05, 0) is 91.5 Å². The van der Waals surface area contributed by atoms with E-state index < -0.39 is 5.92 Å². The summed E-state index contributed by atoms with van der Waals surface area (Å²) >= 11 is 0. The summed E-state index contributed by atoms with van der Waals surface area (Å²) in [5.74, 6) is 1.76. The van der Waals surface area contributed by atoms with Gasteiger partial charge in [-0.3, -0.25) is 14.7 Å². The molecule has 2 aromatic carbocycles. The zero-order valence-electron chi connectivity index (χ0n) is 19.9. The molecule has 5 rings (SSSR count). The van der Waals surface area contributed by atoms with Crippen molar-refractivity contribution in [1.82, 2.24) is 9.88 Å². The standard InChI is InChI=1S/C28H30N2O5/c1-32-24-5-7-25-22(17-24)16-23(19-34-25)28(31)35-26-6-4-21(20-8-10-29-11-9-20)18-27(26)33-15-14-30-12-2-3-13-30/h4-11,17-18,23H,2-3,12-16,19H2,1H3. The number of hydrogen-bond acceptors (Lipinski definition) is 7. The highest BCUT2D eigenvalue weighted by Crippen LogP contribution is 2.35. The van der Waals surface area contributed by atoms with Crippen LogP contribution in [0.1, 0.15) is 18.4 Å². The maximum atomic E-state index is 13.1. The molecule has 1 aromatic heterocycles. The van der Waals surface area contributed by atoms with Crippen molar-refractivity contribution in [2.45, 2.75) is 19.3 Å². The first-order valence-corrected chi connectivity index (χ1v) is 12.1. The molecular formula is C28H30N2O5. The molecular weight excluding hydrogens is 444 g/mol. The normalized spacial score (nSPS) is 17.3. The molecule has 0 saturated carbocycles. The topological polar surface area (TPSA) is 70.1 Å². The Hall–Kier alpha value is -3.58. The van der Waals surface area contributed by atoms with Crippen molar-refractivity contribution in [1.29, 1.82) is 0 Å². The first-order valence-electron chi connectivity index (χ1n) is 12.1. The molecule has 0 bridgehead atoms. The van der Waals surface area contributed by atoms with Crippen LogP contribution in [0.2, 0.25) is 0 Å². The highest BCUT2D eigenvalue weighted by atomic mass is 16.6. The summed E-state index contributed by atoms with van der Waals surface area (Å²) < 4.78 is 23.2. The number of hydrogen-bond donors (Lipinski definition) is 0. The number of pyridine rings is 1. The lowest BCUT2D eigenvalue weighted by Crippen LogP contribution is -2.31. The van der Waals surface area contributed by atoms with Crippen molar-refractivity contribution in [2.75, 3.05) is 40.0 Å². The maximum absolute atomic E-state index is 13.1. The number of fused-ring (bicyclic) bond motifs is 1. The number of carbonyl (C=O) groups is 1. The maximum Gasteiger partial charge on any atom is 0.318 e. The summed E-state index contributed by atoms with van der Waals surface area (Å²) in [6, 6.07) is 15.2. The molecule has 3 heterocycles. The number of methoxy groups -OCH3 is 1. The van der Waals surface area contributed by atoms with E-state index in [1.54, 1.807) is 25.6 Å². The molecule has 7 nitrogen and oxygen atoms in total. The highest BCUT2D eigenvalue weighted by Gasteiger charge is 2.29. The van der Waals surface area contributed by atoms with Crippen molar-refractivity contribution in [3.63, 3.8) is 0 Å². The van der Waals surface area contributed by atoms with E-state index in [0.29, 0.717) is 24.5 Å². The van der Waals surface area contributed by atoms with E-state index >= 15 is 0 Å². The summed E-state index contributed by atoms with van der Waals surface area (Å²) in [4.78, 5) is 19.6. The molecule has 7 heteroatoms. The van der Waals surface area contributed by atoms with Crippen LogP contribution in [0.15, 0.2) is 60.9 Å². The Morgan fingerprint density at radius 2 is 1.86 bits per heavy atom. The highest BCUT2D eigenvalue weighted by molar-refractivity contribution is 5.78. The molecule has 2 aliphatic heterocycles. The lowest BCUT2D eigenvalue weighted by Gasteiger charge is -2.24. The number of likely N-dealkylation sites (tertiary alicyclic amines) is 1. The quantitative estimate of drug-likeness (QED) is 0.354. The van der Waals surface area contributed by atoms with E-state index in [1.807, 2.05) is 42.5 Å². The molecule has 0 radical (unpaired) electrons. The zero-order chi connectivity index (χ0) is 24.0. The average Bonchev–Trinajstić information content (AvgIpc) is 3.43. The van der Waals surface area contributed by atoms with Gasteiger partial charge in [0.15, 0.2) is 11.5 Å². The average molecular weight is 475 g/mol. The molecule has 35 heavy (non-hydrogen) atoms. The van der Waals surface area contributed by atoms with Crippen LogP contribution in [0.25, 0.3) is 11.1 Å². The zero-order valence-corrected chi connectivity index (χ0v) is 19.9. The van der Waals surface area contributed by atoms with Gasteiger partial charge in [0.05, 0.1) is 13.0 Å². The van der Waals surface area contributed by atoms with Crippen LogP contribution in [0.3, 0.4) is 0 Å². The molecule has 0 N–H and O–H groups in total. The number of benzene rings is 2. The van der Waals surface area contributed by atoms with E-state index in [0.717, 1.165) is 47.8 Å². The fourth-order valence-corrected chi connectivity index (χ4v) is 4.56. The third-order valence-electron chi connectivity index (χ3n) is 6.54. The Balaban J connectivity index is 1.32. The summed E-state index contributed by atoms with van der Waals surface area (Å²) in [7, 11) is 1.62. The summed E-state index contributed by atoms with van der Waals surface area (Å²) in [6.07, 6.45) is 6.52. The SMILES string of the molecule is COc1ccc2c(c1)CC(C(=O)Oc1ccc(-c3ccncc3)cc1OCCN1CCCC1)CO2. The van der Waals surface area contributed by atoms with Crippen molar-refractivity contribution >= 4 is 5.97 Å². The van der Waals surface area contributed by atoms with Crippen LogP contribution in [0.4, 0.5) is 0 Å². The number of carbonyl (C=O) groups excluding carboxylic acids is 1. The van der Waals surface area contributed by atoms with E-state index in [4.69, 9.17) is 18.9 Å². The van der Waals surface area contributed by atoms with Crippen LogP contribution in [0.5, 0.6) is 23.0 Å². The van der Waals surface area contributed by atoms with Gasteiger partial charge in [-0.2, -0.15) is 0 Å². The van der Waals surface area contributed by atoms with E-state index in [2.05, 4.69) is 9.88 Å². The molecule has 3 aromatic rings. The lowest BCUT2D eigenvalue weighted by atomic mass is 9.96. The lowest BCUT2D eigenvalue weighted by molar-refractivity contribution is -0.140. The van der Waals surface area contributed by atoms with Gasteiger partial charge in [0.2, 0.25) is 0 Å². The van der Waals surface area contributed by atoms with Crippen LogP contribution >= 0.6 is 0 Å². The Morgan fingerprint density at radius 1 is 1.03 bits per heavy atom. The van der Waals surface area contributed by atoms with E-state index in [9.17, 15) is 4.79 Å². The predicted octanol–water partition coefficient (Wildman–Crippen LogP) is 4.39. The van der Waals surface area contributed by atoms with Gasteiger partial charge in [0, 0.05) is 18.9 Å².